The minimum Gasteiger partial charge on any atom is -0.479 e. The van der Waals surface area contributed by atoms with E-state index in [0.717, 1.165) is 10.6 Å². The van der Waals surface area contributed by atoms with E-state index in [-0.39, 0.29) is 5.69 Å². The van der Waals surface area contributed by atoms with Crippen molar-refractivity contribution in [1.82, 2.24) is 14.9 Å². The van der Waals surface area contributed by atoms with Crippen molar-refractivity contribution in [3.63, 3.8) is 0 Å². The fourth-order valence-corrected chi connectivity index (χ4v) is 3.43. The number of carbonyl (C=O) groups excluding carboxylic acids is 1. The molecular formula is C19H17N3O3S. The quantitative estimate of drug-likeness (QED) is 0.724. The topological polar surface area (TPSA) is 83.4 Å². The van der Waals surface area contributed by atoms with Crippen LogP contribution in [-0.4, -0.2) is 38.9 Å². The van der Waals surface area contributed by atoms with E-state index in [1.165, 1.54) is 29.5 Å². The highest BCUT2D eigenvalue weighted by molar-refractivity contribution is 7.09. The molecule has 0 saturated carbocycles. The van der Waals surface area contributed by atoms with Crippen LogP contribution < -0.4 is 0 Å². The Morgan fingerprint density at radius 3 is 2.62 bits per heavy atom. The zero-order valence-corrected chi connectivity index (χ0v) is 14.9. The average molecular weight is 367 g/mol. The summed E-state index contributed by atoms with van der Waals surface area (Å²) in [5.74, 6) is -1.55. The summed E-state index contributed by atoms with van der Waals surface area (Å²) in [6.45, 7) is 0. The van der Waals surface area contributed by atoms with Crippen molar-refractivity contribution in [1.29, 1.82) is 0 Å². The molecule has 7 heteroatoms. The molecule has 3 aromatic rings. The maximum absolute atomic E-state index is 12.7. The van der Waals surface area contributed by atoms with Crippen molar-refractivity contribution in [3.8, 4) is 0 Å². The number of aliphatic carboxylic acids is 1. The van der Waals surface area contributed by atoms with E-state index in [9.17, 15) is 14.7 Å². The Balaban J connectivity index is 1.79. The van der Waals surface area contributed by atoms with E-state index in [4.69, 9.17) is 0 Å². The number of benzene rings is 1. The number of carbonyl (C=O) groups is 2. The van der Waals surface area contributed by atoms with Gasteiger partial charge in [-0.3, -0.25) is 9.78 Å². The predicted octanol–water partition coefficient (Wildman–Crippen LogP) is 3.03. The molecule has 2 aromatic heterocycles. The molecule has 0 bridgehead atoms. The number of likely N-dealkylation sites (N-methyl/N-ethyl adjacent to an activating group) is 1. The monoisotopic (exact) mass is 367 g/mol. The van der Waals surface area contributed by atoms with Gasteiger partial charge in [0.2, 0.25) is 0 Å². The minimum atomic E-state index is -1.12. The van der Waals surface area contributed by atoms with Crippen molar-refractivity contribution >= 4 is 23.2 Å². The molecule has 26 heavy (non-hydrogen) atoms. The lowest BCUT2D eigenvalue weighted by Crippen LogP contribution is -2.36. The molecule has 1 amide bonds. The van der Waals surface area contributed by atoms with E-state index in [1.807, 2.05) is 30.3 Å². The normalized spacial score (nSPS) is 11.7. The van der Waals surface area contributed by atoms with Crippen molar-refractivity contribution in [2.24, 2.45) is 0 Å². The predicted molar refractivity (Wildman–Crippen MR) is 98.1 cm³/mol. The zero-order chi connectivity index (χ0) is 18.5. The first-order chi connectivity index (χ1) is 12.6. The Hall–Kier alpha value is -3.06. The van der Waals surface area contributed by atoms with Gasteiger partial charge in [-0.1, -0.05) is 36.4 Å². The van der Waals surface area contributed by atoms with Gasteiger partial charge in [-0.25, -0.2) is 9.78 Å². The van der Waals surface area contributed by atoms with Crippen LogP contribution in [0.4, 0.5) is 0 Å². The summed E-state index contributed by atoms with van der Waals surface area (Å²) >= 11 is 1.39. The lowest BCUT2D eigenvalue weighted by atomic mass is 10.1. The van der Waals surface area contributed by atoms with Crippen LogP contribution >= 0.6 is 11.3 Å². The molecule has 1 atom stereocenters. The molecule has 0 unspecified atom stereocenters. The van der Waals surface area contributed by atoms with Crippen LogP contribution in [0.15, 0.2) is 60.2 Å². The molecule has 0 saturated heterocycles. The number of hydrogen-bond donors (Lipinski definition) is 1. The molecule has 0 aliphatic carbocycles. The molecule has 1 aromatic carbocycles. The number of carboxylic acid groups (broad SMARTS) is 1. The maximum Gasteiger partial charge on any atom is 0.331 e. The lowest BCUT2D eigenvalue weighted by Gasteiger charge is -2.24. The van der Waals surface area contributed by atoms with E-state index < -0.39 is 17.9 Å². The fourth-order valence-electron chi connectivity index (χ4n) is 2.63. The van der Waals surface area contributed by atoms with Crippen LogP contribution in [0.2, 0.25) is 0 Å². The number of pyridine rings is 1. The molecule has 0 fully saturated rings. The molecule has 6 nitrogen and oxygen atoms in total. The molecular weight excluding hydrogens is 350 g/mol. The van der Waals surface area contributed by atoms with Crippen molar-refractivity contribution < 1.29 is 14.7 Å². The van der Waals surface area contributed by atoms with Crippen LogP contribution in [0.25, 0.3) is 0 Å². The number of amides is 1. The van der Waals surface area contributed by atoms with Gasteiger partial charge in [0.1, 0.15) is 5.69 Å². The van der Waals surface area contributed by atoms with Crippen molar-refractivity contribution in [2.75, 3.05) is 7.05 Å². The Morgan fingerprint density at radius 2 is 1.96 bits per heavy atom. The molecule has 132 valence electrons. The minimum absolute atomic E-state index is 0.249. The largest absolute Gasteiger partial charge is 0.479 e. The first-order valence-electron chi connectivity index (χ1n) is 7.94. The van der Waals surface area contributed by atoms with E-state index in [1.54, 1.807) is 23.7 Å². The fraction of sp³-hybridized carbons (Fsp3) is 0.158. The van der Waals surface area contributed by atoms with Crippen molar-refractivity contribution in [2.45, 2.75) is 12.5 Å². The summed E-state index contributed by atoms with van der Waals surface area (Å²) in [6, 6.07) is 12.0. The highest BCUT2D eigenvalue weighted by Gasteiger charge is 2.30. The van der Waals surface area contributed by atoms with Crippen LogP contribution in [0.3, 0.4) is 0 Å². The average Bonchev–Trinajstić information content (AvgIpc) is 3.11. The van der Waals surface area contributed by atoms with Gasteiger partial charge in [0, 0.05) is 36.8 Å². The molecule has 0 spiro atoms. The smallest absolute Gasteiger partial charge is 0.331 e. The third-order valence-electron chi connectivity index (χ3n) is 3.91. The Kier molecular flexibility index (Phi) is 5.38. The molecule has 0 aliphatic heterocycles. The highest BCUT2D eigenvalue weighted by atomic mass is 32.1. The molecule has 3 rings (SSSR count). The Labute approximate surface area is 154 Å². The van der Waals surface area contributed by atoms with Crippen LogP contribution in [-0.2, 0) is 11.2 Å². The highest BCUT2D eigenvalue weighted by Crippen LogP contribution is 2.22. The van der Waals surface area contributed by atoms with Gasteiger partial charge < -0.3 is 10.0 Å². The van der Waals surface area contributed by atoms with Gasteiger partial charge in [-0.15, -0.1) is 11.3 Å². The SMILES string of the molecule is CN(C(=O)c1csc(Cc2ccccc2)n1)[C@@H](C(=O)O)c1cccnc1. The number of nitrogens with zero attached hydrogens (tertiary/aromatic N) is 3. The summed E-state index contributed by atoms with van der Waals surface area (Å²) in [6.07, 6.45) is 3.64. The summed E-state index contributed by atoms with van der Waals surface area (Å²) in [5.41, 5.74) is 1.79. The van der Waals surface area contributed by atoms with Crippen molar-refractivity contribution in [3.05, 3.63) is 82.1 Å². The summed E-state index contributed by atoms with van der Waals surface area (Å²) in [5, 5.41) is 12.0. The standard InChI is InChI=1S/C19H17N3O3S/c1-22(17(19(24)25)14-8-5-9-20-11-14)18(23)15-12-26-16(21-15)10-13-6-3-2-4-7-13/h2-9,11-12,17H,10H2,1H3,(H,24,25)/t17-/m1/s1. The van der Waals surface area contributed by atoms with Gasteiger partial charge in [-0.05, 0) is 11.6 Å². The molecule has 1 N–H and O–H groups in total. The van der Waals surface area contributed by atoms with E-state index >= 15 is 0 Å². The molecule has 0 aliphatic rings. The van der Waals surface area contributed by atoms with Gasteiger partial charge in [0.05, 0.1) is 5.01 Å². The number of thiazole rings is 1. The first-order valence-corrected chi connectivity index (χ1v) is 8.82. The zero-order valence-electron chi connectivity index (χ0n) is 14.1. The first kappa shape index (κ1) is 17.8. The number of rotatable bonds is 6. The van der Waals surface area contributed by atoms with E-state index in [0.29, 0.717) is 12.0 Å². The van der Waals surface area contributed by atoms with Gasteiger partial charge in [0.15, 0.2) is 6.04 Å². The molecule has 2 heterocycles. The van der Waals surface area contributed by atoms with Gasteiger partial charge in [0.25, 0.3) is 5.91 Å². The van der Waals surface area contributed by atoms with Crippen LogP contribution in [0, 0.1) is 0 Å². The number of hydrogen-bond acceptors (Lipinski definition) is 5. The van der Waals surface area contributed by atoms with Crippen LogP contribution in [0.1, 0.15) is 32.7 Å². The third-order valence-corrected chi connectivity index (χ3v) is 4.76. The molecule has 0 radical (unpaired) electrons. The summed E-state index contributed by atoms with van der Waals surface area (Å²) in [7, 11) is 1.46. The summed E-state index contributed by atoms with van der Waals surface area (Å²) < 4.78 is 0. The van der Waals surface area contributed by atoms with Gasteiger partial charge >= 0.3 is 5.97 Å². The second kappa shape index (κ2) is 7.88. The maximum atomic E-state index is 12.7. The van der Waals surface area contributed by atoms with Crippen LogP contribution in [0.5, 0.6) is 0 Å². The second-order valence-corrected chi connectivity index (χ2v) is 6.67. The number of carboxylic acids is 1. The van der Waals surface area contributed by atoms with Gasteiger partial charge in [-0.2, -0.15) is 0 Å². The van der Waals surface area contributed by atoms with E-state index in [2.05, 4.69) is 9.97 Å². The Bertz CT molecular complexity index is 897. The third kappa shape index (κ3) is 3.94. The second-order valence-electron chi connectivity index (χ2n) is 5.73. The lowest BCUT2D eigenvalue weighted by molar-refractivity contribution is -0.142. The number of aromatic nitrogens is 2. The summed E-state index contributed by atoms with van der Waals surface area (Å²) in [4.78, 5) is 33.9. The Morgan fingerprint density at radius 1 is 1.19 bits per heavy atom.